The summed E-state index contributed by atoms with van der Waals surface area (Å²) in [4.78, 5) is 0. The Bertz CT molecular complexity index is 23.0. The molecule has 0 aliphatic rings. The Hall–Kier alpha value is 1.04. The fourth-order valence-electron chi connectivity index (χ4n) is 0. The molecule has 0 aliphatic carbocycles. The third kappa shape index (κ3) is 75.6. The summed E-state index contributed by atoms with van der Waals surface area (Å²) in [6.07, 6.45) is 0. The standard InChI is InChI=1S/BF4.Ca.2H/c2-1(3,4)5;;;/q-1;;;. The van der Waals surface area contributed by atoms with E-state index in [0.29, 0.717) is 0 Å². The van der Waals surface area contributed by atoms with Crippen LogP contribution in [-0.4, -0.2) is 45.0 Å². The van der Waals surface area contributed by atoms with Crippen molar-refractivity contribution in [2.75, 3.05) is 0 Å². The van der Waals surface area contributed by atoms with Crippen molar-refractivity contribution in [3.63, 3.8) is 0 Å². The van der Waals surface area contributed by atoms with E-state index in [9.17, 15) is 17.3 Å². The number of halogens is 4. The van der Waals surface area contributed by atoms with Crippen molar-refractivity contribution in [1.29, 1.82) is 0 Å². The fraction of sp³-hybridized carbons (Fsp3) is 0. The molecule has 6 heavy (non-hydrogen) atoms. The van der Waals surface area contributed by atoms with Gasteiger partial charge in [0.2, 0.25) is 0 Å². The Morgan fingerprint density at radius 3 is 0.833 bits per heavy atom. The van der Waals surface area contributed by atoms with Gasteiger partial charge in [-0.2, -0.15) is 0 Å². The molecule has 0 amide bonds. The molecule has 0 radical (unpaired) electrons. The van der Waals surface area contributed by atoms with Crippen LogP contribution >= 0.6 is 0 Å². The van der Waals surface area contributed by atoms with Crippen LogP contribution in [-0.2, 0) is 0 Å². The zero-order valence-electron chi connectivity index (χ0n) is 2.09. The molecular weight excluding hydrogens is 127 g/mol. The SMILES string of the molecule is F[B-](F)(F)F.[CaH2]. The quantitative estimate of drug-likeness (QED) is 0.327. The number of rotatable bonds is 0. The predicted molar refractivity (Wildman–Crippen MR) is 18.7 cm³/mol. The van der Waals surface area contributed by atoms with Crippen LogP contribution in [0.4, 0.5) is 17.3 Å². The Balaban J connectivity index is 0. The predicted octanol–water partition coefficient (Wildman–Crippen LogP) is 0.384. The average molecular weight is 129 g/mol. The first kappa shape index (κ1) is 10.1. The molecule has 0 saturated heterocycles. The third-order valence-electron chi connectivity index (χ3n) is 0. The van der Waals surface area contributed by atoms with Crippen LogP contribution in [0, 0.1) is 0 Å². The molecule has 0 atom stereocenters. The van der Waals surface area contributed by atoms with E-state index in [1.165, 1.54) is 0 Å². The summed E-state index contributed by atoms with van der Waals surface area (Å²) < 4.78 is 39.0. The topological polar surface area (TPSA) is 0 Å². The van der Waals surface area contributed by atoms with Gasteiger partial charge in [0.15, 0.2) is 0 Å². The maximum atomic E-state index is 9.75. The second-order valence-corrected chi connectivity index (χ2v) is 0.495. The molecule has 0 aromatic carbocycles. The van der Waals surface area contributed by atoms with Crippen LogP contribution in [0.15, 0.2) is 0 Å². The van der Waals surface area contributed by atoms with Crippen molar-refractivity contribution in [3.05, 3.63) is 0 Å². The summed E-state index contributed by atoms with van der Waals surface area (Å²) in [5.41, 5.74) is 0. The Labute approximate surface area is 62.0 Å². The average Bonchev–Trinajstić information content (AvgIpc) is 0.722. The molecule has 0 heterocycles. The van der Waals surface area contributed by atoms with Gasteiger partial charge >= 0.3 is 45.0 Å². The monoisotopic (exact) mass is 129 g/mol. The van der Waals surface area contributed by atoms with Gasteiger partial charge in [-0.1, -0.05) is 0 Å². The first-order chi connectivity index (χ1) is 2.00. The minimum atomic E-state index is -6.00. The molecule has 0 unspecified atom stereocenters. The molecule has 0 aromatic rings. The van der Waals surface area contributed by atoms with E-state index in [1.807, 2.05) is 0 Å². The Morgan fingerprint density at radius 1 is 0.833 bits per heavy atom. The summed E-state index contributed by atoms with van der Waals surface area (Å²) in [5.74, 6) is 0. The molecule has 0 bridgehead atoms. The molecule has 0 saturated carbocycles. The minimum absolute atomic E-state index is 0. The molecule has 0 spiro atoms. The molecular formula is H2BCaF4-. The van der Waals surface area contributed by atoms with Crippen molar-refractivity contribution in [3.8, 4) is 0 Å². The van der Waals surface area contributed by atoms with Gasteiger partial charge in [-0.3, -0.25) is 0 Å². The third-order valence-corrected chi connectivity index (χ3v) is 0. The van der Waals surface area contributed by atoms with E-state index in [-0.39, 0.29) is 37.7 Å². The first-order valence-electron chi connectivity index (χ1n) is 0.873. The zero-order chi connectivity index (χ0) is 4.50. The van der Waals surface area contributed by atoms with Crippen LogP contribution in [0.5, 0.6) is 0 Å². The van der Waals surface area contributed by atoms with Crippen LogP contribution in [0.1, 0.15) is 0 Å². The van der Waals surface area contributed by atoms with Gasteiger partial charge in [0, 0.05) is 0 Å². The van der Waals surface area contributed by atoms with Crippen LogP contribution < -0.4 is 0 Å². The molecule has 0 fully saturated rings. The van der Waals surface area contributed by atoms with Gasteiger partial charge in [-0.05, 0) is 0 Å². The normalized spacial score (nSPS) is 10.0. The van der Waals surface area contributed by atoms with E-state index < -0.39 is 7.25 Å². The molecule has 0 aliphatic heterocycles. The van der Waals surface area contributed by atoms with Crippen molar-refractivity contribution in [2.45, 2.75) is 0 Å². The second kappa shape index (κ2) is 3.10. The number of hydrogen-bond acceptors (Lipinski definition) is 0. The van der Waals surface area contributed by atoms with Gasteiger partial charge in [-0.15, -0.1) is 0 Å². The van der Waals surface area contributed by atoms with E-state index in [4.69, 9.17) is 0 Å². The van der Waals surface area contributed by atoms with Gasteiger partial charge in [0.05, 0.1) is 0 Å². The van der Waals surface area contributed by atoms with Crippen molar-refractivity contribution in [1.82, 2.24) is 0 Å². The van der Waals surface area contributed by atoms with E-state index in [1.54, 1.807) is 0 Å². The molecule has 36 valence electrons. The van der Waals surface area contributed by atoms with E-state index >= 15 is 0 Å². The van der Waals surface area contributed by atoms with Gasteiger partial charge in [0.1, 0.15) is 0 Å². The van der Waals surface area contributed by atoms with Crippen molar-refractivity contribution < 1.29 is 17.3 Å². The van der Waals surface area contributed by atoms with Gasteiger partial charge < -0.3 is 17.3 Å². The van der Waals surface area contributed by atoms with Gasteiger partial charge in [0.25, 0.3) is 0 Å². The van der Waals surface area contributed by atoms with E-state index in [0.717, 1.165) is 0 Å². The second-order valence-electron chi connectivity index (χ2n) is 0.495. The molecule has 0 nitrogen and oxygen atoms in total. The molecule has 0 N–H and O–H groups in total. The summed E-state index contributed by atoms with van der Waals surface area (Å²) in [6, 6.07) is 0. The van der Waals surface area contributed by atoms with Crippen LogP contribution in [0.25, 0.3) is 0 Å². The Morgan fingerprint density at radius 2 is 0.833 bits per heavy atom. The first-order valence-corrected chi connectivity index (χ1v) is 0.873. The molecule has 0 rings (SSSR count). The van der Waals surface area contributed by atoms with Gasteiger partial charge in [-0.25, -0.2) is 0 Å². The van der Waals surface area contributed by atoms with Crippen LogP contribution in [0.2, 0.25) is 0 Å². The Kier molecular flexibility index (Phi) is 5.23. The molecule has 0 aromatic heterocycles. The molecule has 6 heteroatoms. The van der Waals surface area contributed by atoms with Crippen molar-refractivity contribution >= 4 is 45.0 Å². The summed E-state index contributed by atoms with van der Waals surface area (Å²) in [6.45, 7) is 0. The summed E-state index contributed by atoms with van der Waals surface area (Å²) in [7, 11) is -6.00. The zero-order valence-corrected chi connectivity index (χ0v) is 2.09. The number of hydrogen-bond donors (Lipinski definition) is 0. The van der Waals surface area contributed by atoms with E-state index in [2.05, 4.69) is 0 Å². The van der Waals surface area contributed by atoms with Crippen LogP contribution in [0.3, 0.4) is 0 Å². The maximum absolute atomic E-state index is 9.75. The van der Waals surface area contributed by atoms with Crippen molar-refractivity contribution in [2.24, 2.45) is 0 Å². The fourth-order valence-corrected chi connectivity index (χ4v) is 0. The summed E-state index contributed by atoms with van der Waals surface area (Å²) in [5, 5.41) is 0. The summed E-state index contributed by atoms with van der Waals surface area (Å²) >= 11 is 0.